The van der Waals surface area contributed by atoms with Gasteiger partial charge in [0.1, 0.15) is 12.6 Å². The lowest BCUT2D eigenvalue weighted by molar-refractivity contribution is -0.104. The van der Waals surface area contributed by atoms with E-state index in [0.29, 0.717) is 12.6 Å². The molecule has 0 spiro atoms. The number of allylic oxidation sites excluding steroid dienone is 6. The van der Waals surface area contributed by atoms with Gasteiger partial charge < -0.3 is 0 Å². The molecule has 2 heteroatoms. The van der Waals surface area contributed by atoms with E-state index in [1.165, 1.54) is 12.2 Å². The number of rotatable bonds is 4. The third kappa shape index (κ3) is 6.56. The topological polar surface area (TPSA) is 34.1 Å². The lowest BCUT2D eigenvalue weighted by atomic mass is 10.4. The van der Waals surface area contributed by atoms with Gasteiger partial charge in [0.15, 0.2) is 0 Å². The van der Waals surface area contributed by atoms with Crippen LogP contribution in [0.3, 0.4) is 0 Å². The summed E-state index contributed by atoms with van der Waals surface area (Å²) in [6.07, 6.45) is 10.6. The molecule has 0 amide bonds. The molecule has 0 aliphatic rings. The molecule has 0 heterocycles. The second kappa shape index (κ2) is 7.56. The first-order chi connectivity index (χ1) is 4.91. The van der Waals surface area contributed by atoms with Crippen LogP contribution in [-0.2, 0) is 9.59 Å². The van der Waals surface area contributed by atoms with Crippen molar-refractivity contribution in [2.45, 2.75) is 0 Å². The maximum atomic E-state index is 9.70. The minimum Gasteiger partial charge on any atom is -0.299 e. The summed E-state index contributed by atoms with van der Waals surface area (Å²) in [6.45, 7) is 0. The minimum absolute atomic E-state index is 0.688. The average Bonchev–Trinajstić information content (AvgIpc) is 1.97. The van der Waals surface area contributed by atoms with Gasteiger partial charge in [-0.05, 0) is 12.2 Å². The van der Waals surface area contributed by atoms with Gasteiger partial charge in [0, 0.05) is 0 Å². The molecule has 10 heavy (non-hydrogen) atoms. The Balaban J connectivity index is 3.55. The molecule has 0 aliphatic heterocycles. The summed E-state index contributed by atoms with van der Waals surface area (Å²) < 4.78 is 0. The van der Waals surface area contributed by atoms with Crippen LogP contribution in [0, 0.1) is 0 Å². The first-order valence-electron chi connectivity index (χ1n) is 2.80. The quantitative estimate of drug-likeness (QED) is 0.329. The Labute approximate surface area is 59.5 Å². The van der Waals surface area contributed by atoms with Gasteiger partial charge in [-0.3, -0.25) is 9.59 Å². The molecule has 52 valence electrons. The summed E-state index contributed by atoms with van der Waals surface area (Å²) in [7, 11) is 0. The molecule has 0 unspecified atom stereocenters. The molecule has 2 nitrogen and oxygen atoms in total. The Hall–Kier alpha value is -1.44. The molecule has 0 fully saturated rings. The highest BCUT2D eigenvalue weighted by Gasteiger charge is 1.61. The molecule has 0 rings (SSSR count). The van der Waals surface area contributed by atoms with Gasteiger partial charge in [-0.25, -0.2) is 0 Å². The molecule has 0 aromatic carbocycles. The van der Waals surface area contributed by atoms with Crippen molar-refractivity contribution in [1.82, 2.24) is 0 Å². The smallest absolute Gasteiger partial charge is 0.142 e. The van der Waals surface area contributed by atoms with Crippen LogP contribution in [0.15, 0.2) is 36.5 Å². The first-order valence-corrected chi connectivity index (χ1v) is 2.80. The van der Waals surface area contributed by atoms with Crippen molar-refractivity contribution >= 4 is 12.6 Å². The third-order valence-electron chi connectivity index (χ3n) is 0.713. The van der Waals surface area contributed by atoms with Crippen LogP contribution >= 0.6 is 0 Å². The van der Waals surface area contributed by atoms with Gasteiger partial charge in [-0.2, -0.15) is 0 Å². The Morgan fingerprint density at radius 1 is 0.500 bits per heavy atom. The van der Waals surface area contributed by atoms with Gasteiger partial charge in [0.05, 0.1) is 0 Å². The van der Waals surface area contributed by atoms with Crippen molar-refractivity contribution in [3.63, 3.8) is 0 Å². The van der Waals surface area contributed by atoms with E-state index in [1.807, 2.05) is 0 Å². The largest absolute Gasteiger partial charge is 0.299 e. The van der Waals surface area contributed by atoms with Crippen molar-refractivity contribution in [1.29, 1.82) is 0 Å². The van der Waals surface area contributed by atoms with E-state index in [0.717, 1.165) is 0 Å². The standard InChI is InChI=1S/C8H8O2/c9-7-5-3-1-2-4-6-8-10/h1-8H. The first kappa shape index (κ1) is 8.56. The number of hydrogen-bond acceptors (Lipinski definition) is 2. The minimum atomic E-state index is 0.688. The van der Waals surface area contributed by atoms with E-state index in [2.05, 4.69) is 0 Å². The Bertz CT molecular complexity index is 156. The Kier molecular flexibility index (Phi) is 6.47. The highest BCUT2D eigenvalue weighted by atomic mass is 16.1. The summed E-state index contributed by atoms with van der Waals surface area (Å²) in [6, 6.07) is 0. The van der Waals surface area contributed by atoms with E-state index in [-0.39, 0.29) is 0 Å². The van der Waals surface area contributed by atoms with Crippen LogP contribution in [0.4, 0.5) is 0 Å². The zero-order valence-corrected chi connectivity index (χ0v) is 5.44. The summed E-state index contributed by atoms with van der Waals surface area (Å²) in [5, 5.41) is 0. The van der Waals surface area contributed by atoms with Crippen molar-refractivity contribution in [2.24, 2.45) is 0 Å². The fourth-order valence-corrected chi connectivity index (χ4v) is 0.347. The molecule has 0 saturated heterocycles. The lowest BCUT2D eigenvalue weighted by Gasteiger charge is -1.68. The fraction of sp³-hybridized carbons (Fsp3) is 0. The Morgan fingerprint density at radius 2 is 0.800 bits per heavy atom. The Morgan fingerprint density at radius 3 is 1.10 bits per heavy atom. The van der Waals surface area contributed by atoms with Gasteiger partial charge in [0.2, 0.25) is 0 Å². The molecule has 0 aliphatic carbocycles. The predicted octanol–water partition coefficient (Wildman–Crippen LogP) is 1.05. The molecule has 0 N–H and O–H groups in total. The summed E-state index contributed by atoms with van der Waals surface area (Å²) in [4.78, 5) is 19.4. The number of aldehydes is 2. The van der Waals surface area contributed by atoms with E-state index in [1.54, 1.807) is 24.3 Å². The fourth-order valence-electron chi connectivity index (χ4n) is 0.347. The molecule has 0 radical (unpaired) electrons. The SMILES string of the molecule is O=CC=CC=CC=CC=O. The van der Waals surface area contributed by atoms with E-state index in [9.17, 15) is 9.59 Å². The summed E-state index contributed by atoms with van der Waals surface area (Å²) in [5.74, 6) is 0. The molecule has 0 bridgehead atoms. The maximum Gasteiger partial charge on any atom is 0.142 e. The van der Waals surface area contributed by atoms with Crippen LogP contribution in [0.25, 0.3) is 0 Å². The summed E-state index contributed by atoms with van der Waals surface area (Å²) >= 11 is 0. The lowest BCUT2D eigenvalue weighted by Crippen LogP contribution is -1.57. The van der Waals surface area contributed by atoms with Crippen LogP contribution < -0.4 is 0 Å². The number of hydrogen-bond donors (Lipinski definition) is 0. The van der Waals surface area contributed by atoms with E-state index >= 15 is 0 Å². The molecule has 0 aromatic rings. The summed E-state index contributed by atoms with van der Waals surface area (Å²) in [5.41, 5.74) is 0. The van der Waals surface area contributed by atoms with Gasteiger partial charge >= 0.3 is 0 Å². The number of carbonyl (C=O) groups excluding carboxylic acids is 2. The second-order valence-electron chi connectivity index (χ2n) is 1.43. The van der Waals surface area contributed by atoms with Crippen LogP contribution in [0.2, 0.25) is 0 Å². The predicted molar refractivity (Wildman–Crippen MR) is 39.5 cm³/mol. The average molecular weight is 136 g/mol. The van der Waals surface area contributed by atoms with Crippen molar-refractivity contribution in [3.05, 3.63) is 36.5 Å². The van der Waals surface area contributed by atoms with Crippen LogP contribution in [0.5, 0.6) is 0 Å². The molecule has 0 aromatic heterocycles. The van der Waals surface area contributed by atoms with Crippen molar-refractivity contribution in [2.75, 3.05) is 0 Å². The van der Waals surface area contributed by atoms with Crippen LogP contribution in [-0.4, -0.2) is 12.6 Å². The van der Waals surface area contributed by atoms with Crippen molar-refractivity contribution < 1.29 is 9.59 Å². The molecule has 0 atom stereocenters. The molecule has 0 saturated carbocycles. The van der Waals surface area contributed by atoms with Crippen molar-refractivity contribution in [3.8, 4) is 0 Å². The second-order valence-corrected chi connectivity index (χ2v) is 1.43. The van der Waals surface area contributed by atoms with Gasteiger partial charge in [0.25, 0.3) is 0 Å². The van der Waals surface area contributed by atoms with E-state index in [4.69, 9.17) is 0 Å². The maximum absolute atomic E-state index is 9.70. The number of carbonyl (C=O) groups is 2. The highest BCUT2D eigenvalue weighted by Crippen LogP contribution is 1.76. The zero-order valence-electron chi connectivity index (χ0n) is 5.44. The van der Waals surface area contributed by atoms with Gasteiger partial charge in [-0.15, -0.1) is 0 Å². The normalized spacial score (nSPS) is 11.6. The van der Waals surface area contributed by atoms with E-state index < -0.39 is 0 Å². The monoisotopic (exact) mass is 136 g/mol. The zero-order chi connectivity index (χ0) is 7.66. The van der Waals surface area contributed by atoms with Gasteiger partial charge in [-0.1, -0.05) is 24.3 Å². The van der Waals surface area contributed by atoms with Crippen LogP contribution in [0.1, 0.15) is 0 Å². The molecular formula is C8H8O2. The third-order valence-corrected chi connectivity index (χ3v) is 0.713. The molecular weight excluding hydrogens is 128 g/mol. The highest BCUT2D eigenvalue weighted by molar-refractivity contribution is 5.66.